The molecule has 0 aromatic carbocycles. The molecule has 17 heavy (non-hydrogen) atoms. The number of thioether (sulfide) groups is 1. The molecule has 1 amide bonds. The summed E-state index contributed by atoms with van der Waals surface area (Å²) in [5.74, 6) is 0.195. The summed E-state index contributed by atoms with van der Waals surface area (Å²) >= 11 is 1.23. The first-order valence-corrected chi connectivity index (χ1v) is 6.17. The highest BCUT2D eigenvalue weighted by atomic mass is 32.2. The van der Waals surface area contributed by atoms with Crippen molar-refractivity contribution in [2.24, 2.45) is 0 Å². The minimum absolute atomic E-state index is 0.0615. The molecular weight excluding hydrogens is 236 g/mol. The Balaban J connectivity index is 2.61. The fourth-order valence-electron chi connectivity index (χ4n) is 1.16. The predicted octanol–water partition coefficient (Wildman–Crippen LogP) is 1.27. The van der Waals surface area contributed by atoms with Crippen molar-refractivity contribution in [2.45, 2.75) is 32.0 Å². The van der Waals surface area contributed by atoms with Gasteiger partial charge in [0, 0.05) is 11.7 Å². The zero-order chi connectivity index (χ0) is 12.8. The fourth-order valence-corrected chi connectivity index (χ4v) is 1.87. The van der Waals surface area contributed by atoms with Gasteiger partial charge in [0.1, 0.15) is 11.8 Å². The molecule has 0 spiro atoms. The van der Waals surface area contributed by atoms with Crippen LogP contribution in [0.4, 0.5) is 0 Å². The Morgan fingerprint density at radius 2 is 2.29 bits per heavy atom. The first-order valence-electron chi connectivity index (χ1n) is 5.19. The summed E-state index contributed by atoms with van der Waals surface area (Å²) in [4.78, 5) is 19.6. The van der Waals surface area contributed by atoms with Gasteiger partial charge in [-0.3, -0.25) is 4.79 Å². The third-order valence-corrected chi connectivity index (χ3v) is 2.58. The SMILES string of the molecule is Cc1cc(C#N)nc(SCC(=O)NC(C)C)n1. The van der Waals surface area contributed by atoms with Crippen molar-refractivity contribution in [3.8, 4) is 6.07 Å². The number of aromatic nitrogens is 2. The van der Waals surface area contributed by atoms with E-state index in [1.807, 2.05) is 19.9 Å². The van der Waals surface area contributed by atoms with Gasteiger partial charge in [0.05, 0.1) is 5.75 Å². The Kier molecular flexibility index (Phi) is 4.91. The first-order chi connectivity index (χ1) is 8.01. The Bertz CT molecular complexity index is 453. The zero-order valence-corrected chi connectivity index (χ0v) is 10.8. The summed E-state index contributed by atoms with van der Waals surface area (Å²) in [5, 5.41) is 12.0. The molecule has 0 aliphatic heterocycles. The van der Waals surface area contributed by atoms with Crippen molar-refractivity contribution >= 4 is 17.7 Å². The van der Waals surface area contributed by atoms with E-state index in [2.05, 4.69) is 15.3 Å². The maximum Gasteiger partial charge on any atom is 0.230 e. The van der Waals surface area contributed by atoms with E-state index in [0.29, 0.717) is 10.9 Å². The summed E-state index contributed by atoms with van der Waals surface area (Å²) < 4.78 is 0. The average molecular weight is 250 g/mol. The van der Waals surface area contributed by atoms with Crippen LogP contribution in [0.3, 0.4) is 0 Å². The Morgan fingerprint density at radius 1 is 1.59 bits per heavy atom. The maximum atomic E-state index is 11.4. The van der Waals surface area contributed by atoms with E-state index < -0.39 is 0 Å². The predicted molar refractivity (Wildman–Crippen MR) is 65.5 cm³/mol. The van der Waals surface area contributed by atoms with Crippen LogP contribution in [-0.2, 0) is 4.79 Å². The van der Waals surface area contributed by atoms with Gasteiger partial charge in [-0.15, -0.1) is 0 Å². The molecule has 5 nitrogen and oxygen atoms in total. The van der Waals surface area contributed by atoms with Crippen LogP contribution in [0.2, 0.25) is 0 Å². The van der Waals surface area contributed by atoms with Crippen molar-refractivity contribution in [3.05, 3.63) is 17.5 Å². The molecule has 1 heterocycles. The van der Waals surface area contributed by atoms with Crippen molar-refractivity contribution in [1.29, 1.82) is 5.26 Å². The molecule has 90 valence electrons. The lowest BCUT2D eigenvalue weighted by Gasteiger charge is -2.07. The van der Waals surface area contributed by atoms with Gasteiger partial charge < -0.3 is 5.32 Å². The molecule has 0 aliphatic rings. The van der Waals surface area contributed by atoms with E-state index in [0.717, 1.165) is 5.69 Å². The number of hydrogen-bond donors (Lipinski definition) is 1. The van der Waals surface area contributed by atoms with Crippen molar-refractivity contribution in [1.82, 2.24) is 15.3 Å². The monoisotopic (exact) mass is 250 g/mol. The molecule has 0 radical (unpaired) electrons. The van der Waals surface area contributed by atoms with E-state index in [-0.39, 0.29) is 17.7 Å². The molecule has 0 unspecified atom stereocenters. The molecule has 0 fully saturated rings. The quantitative estimate of drug-likeness (QED) is 0.643. The zero-order valence-electron chi connectivity index (χ0n) is 10.0. The minimum atomic E-state index is -0.0615. The maximum absolute atomic E-state index is 11.4. The highest BCUT2D eigenvalue weighted by Crippen LogP contribution is 2.13. The molecule has 1 rings (SSSR count). The largest absolute Gasteiger partial charge is 0.353 e. The molecule has 0 bridgehead atoms. The first kappa shape index (κ1) is 13.5. The molecule has 1 N–H and O–H groups in total. The van der Waals surface area contributed by atoms with Crippen LogP contribution < -0.4 is 5.32 Å². The number of amides is 1. The van der Waals surface area contributed by atoms with Crippen LogP contribution in [0.1, 0.15) is 25.2 Å². The number of carbonyl (C=O) groups excluding carboxylic acids is 1. The molecule has 0 atom stereocenters. The van der Waals surface area contributed by atoms with E-state index in [9.17, 15) is 4.79 Å². The van der Waals surface area contributed by atoms with Crippen LogP contribution in [-0.4, -0.2) is 27.7 Å². The number of aryl methyl sites for hydroxylation is 1. The average Bonchev–Trinajstić information content (AvgIpc) is 2.24. The number of nitrogens with one attached hydrogen (secondary N) is 1. The van der Waals surface area contributed by atoms with E-state index in [1.165, 1.54) is 11.8 Å². The van der Waals surface area contributed by atoms with Crippen molar-refractivity contribution in [2.75, 3.05) is 5.75 Å². The van der Waals surface area contributed by atoms with Gasteiger partial charge in [0.2, 0.25) is 5.91 Å². The molecule has 0 aliphatic carbocycles. The number of hydrogen-bond acceptors (Lipinski definition) is 5. The summed E-state index contributed by atoms with van der Waals surface area (Å²) in [5.41, 5.74) is 1.05. The highest BCUT2D eigenvalue weighted by Gasteiger charge is 2.07. The molecule has 0 saturated heterocycles. The Labute approximate surface area is 105 Å². The molecule has 1 aromatic heterocycles. The second-order valence-corrected chi connectivity index (χ2v) is 4.74. The number of carbonyl (C=O) groups is 1. The van der Waals surface area contributed by atoms with Gasteiger partial charge in [-0.05, 0) is 26.8 Å². The summed E-state index contributed by atoms with van der Waals surface area (Å²) in [6, 6.07) is 3.69. The lowest BCUT2D eigenvalue weighted by atomic mass is 10.4. The van der Waals surface area contributed by atoms with E-state index in [4.69, 9.17) is 5.26 Å². The van der Waals surface area contributed by atoms with Gasteiger partial charge in [-0.25, -0.2) is 9.97 Å². The van der Waals surface area contributed by atoms with E-state index in [1.54, 1.807) is 13.0 Å². The van der Waals surface area contributed by atoms with Crippen molar-refractivity contribution < 1.29 is 4.79 Å². The second kappa shape index (κ2) is 6.21. The third-order valence-electron chi connectivity index (χ3n) is 1.73. The number of nitrogens with zero attached hydrogens (tertiary/aromatic N) is 3. The highest BCUT2D eigenvalue weighted by molar-refractivity contribution is 7.99. The van der Waals surface area contributed by atoms with Crippen LogP contribution in [0, 0.1) is 18.3 Å². The van der Waals surface area contributed by atoms with Crippen LogP contribution in [0.15, 0.2) is 11.2 Å². The Hall–Kier alpha value is -1.61. The standard InChI is InChI=1S/C11H14N4OS/c1-7(2)13-10(16)6-17-11-14-8(3)4-9(5-12)15-11/h4,7H,6H2,1-3H3,(H,13,16). The van der Waals surface area contributed by atoms with Gasteiger partial charge in [-0.1, -0.05) is 11.8 Å². The molecular formula is C11H14N4OS. The van der Waals surface area contributed by atoms with E-state index >= 15 is 0 Å². The molecule has 6 heteroatoms. The summed E-state index contributed by atoms with van der Waals surface area (Å²) in [7, 11) is 0. The van der Waals surface area contributed by atoms with Crippen molar-refractivity contribution in [3.63, 3.8) is 0 Å². The van der Waals surface area contributed by atoms with Gasteiger partial charge >= 0.3 is 0 Å². The number of nitriles is 1. The summed E-state index contributed by atoms with van der Waals surface area (Å²) in [6.45, 7) is 5.60. The van der Waals surface area contributed by atoms with Gasteiger partial charge in [0.15, 0.2) is 5.16 Å². The Morgan fingerprint density at radius 3 is 2.88 bits per heavy atom. The molecule has 1 aromatic rings. The smallest absolute Gasteiger partial charge is 0.230 e. The topological polar surface area (TPSA) is 78.7 Å². The van der Waals surface area contributed by atoms with Crippen LogP contribution in [0.5, 0.6) is 0 Å². The summed E-state index contributed by atoms with van der Waals surface area (Å²) in [6.07, 6.45) is 0. The second-order valence-electron chi connectivity index (χ2n) is 3.80. The fraction of sp³-hybridized carbons (Fsp3) is 0.455. The lowest BCUT2D eigenvalue weighted by Crippen LogP contribution is -2.31. The normalized spacial score (nSPS) is 10.1. The minimum Gasteiger partial charge on any atom is -0.353 e. The molecule has 0 saturated carbocycles. The van der Waals surface area contributed by atoms with Gasteiger partial charge in [-0.2, -0.15) is 5.26 Å². The van der Waals surface area contributed by atoms with Gasteiger partial charge in [0.25, 0.3) is 0 Å². The number of rotatable bonds is 4. The van der Waals surface area contributed by atoms with Crippen LogP contribution >= 0.6 is 11.8 Å². The van der Waals surface area contributed by atoms with Crippen LogP contribution in [0.25, 0.3) is 0 Å². The lowest BCUT2D eigenvalue weighted by molar-refractivity contribution is -0.119. The third kappa shape index (κ3) is 4.83.